The Morgan fingerprint density at radius 2 is 2.00 bits per heavy atom. The van der Waals surface area contributed by atoms with Crippen LogP contribution in [0.15, 0.2) is 18.2 Å². The zero-order valence-electron chi connectivity index (χ0n) is 9.01. The fraction of sp³-hybridized carbons (Fsp3) is 0.500. The summed E-state index contributed by atoms with van der Waals surface area (Å²) in [5.74, 6) is 0.776. The number of ether oxygens (including phenoxy) is 1. The second kappa shape index (κ2) is 4.82. The van der Waals surface area contributed by atoms with Gasteiger partial charge >= 0.3 is 0 Å². The molecular weight excluding hydrogens is 245 g/mol. The number of hydrogen-bond donors (Lipinski definition) is 1. The monoisotopic (exact) mass is 259 g/mol. The highest BCUT2D eigenvalue weighted by atomic mass is 35.5. The number of halogens is 2. The molecule has 0 spiro atoms. The van der Waals surface area contributed by atoms with Crippen LogP contribution < -0.4 is 10.5 Å². The van der Waals surface area contributed by atoms with E-state index in [0.29, 0.717) is 15.5 Å². The van der Waals surface area contributed by atoms with E-state index in [1.807, 2.05) is 6.07 Å². The van der Waals surface area contributed by atoms with Gasteiger partial charge in [0.15, 0.2) is 0 Å². The van der Waals surface area contributed by atoms with Crippen molar-refractivity contribution in [3.63, 3.8) is 0 Å². The van der Waals surface area contributed by atoms with Crippen LogP contribution in [0.2, 0.25) is 10.0 Å². The molecule has 0 bridgehead atoms. The molecular formula is C12H15Cl2NO. The van der Waals surface area contributed by atoms with Crippen molar-refractivity contribution < 1.29 is 4.74 Å². The van der Waals surface area contributed by atoms with Gasteiger partial charge in [-0.25, -0.2) is 0 Å². The van der Waals surface area contributed by atoms with Gasteiger partial charge in [0, 0.05) is 11.5 Å². The van der Waals surface area contributed by atoms with Gasteiger partial charge in [0.25, 0.3) is 0 Å². The molecule has 1 aromatic carbocycles. The van der Waals surface area contributed by atoms with Gasteiger partial charge in [0.2, 0.25) is 0 Å². The van der Waals surface area contributed by atoms with Crippen molar-refractivity contribution in [2.75, 3.05) is 13.2 Å². The van der Waals surface area contributed by atoms with E-state index in [1.54, 1.807) is 12.1 Å². The molecule has 2 rings (SSSR count). The molecule has 16 heavy (non-hydrogen) atoms. The molecule has 0 saturated heterocycles. The van der Waals surface area contributed by atoms with Gasteiger partial charge < -0.3 is 10.5 Å². The standard InChI is InChI=1S/C12H15Cl2NO/c13-10-2-1-9(7-11(10)14)16-8-12(3-4-12)5-6-15/h1-2,7H,3-6,8,15H2. The normalized spacial score (nSPS) is 17.2. The van der Waals surface area contributed by atoms with Crippen molar-refractivity contribution in [1.29, 1.82) is 0 Å². The SMILES string of the molecule is NCCC1(COc2ccc(Cl)c(Cl)c2)CC1. The van der Waals surface area contributed by atoms with E-state index in [0.717, 1.165) is 25.3 Å². The molecule has 0 heterocycles. The summed E-state index contributed by atoms with van der Waals surface area (Å²) >= 11 is 11.7. The molecule has 1 fully saturated rings. The van der Waals surface area contributed by atoms with Crippen LogP contribution in [0.5, 0.6) is 5.75 Å². The molecule has 88 valence electrons. The number of benzene rings is 1. The Morgan fingerprint density at radius 3 is 2.56 bits per heavy atom. The fourth-order valence-corrected chi connectivity index (χ4v) is 2.04. The topological polar surface area (TPSA) is 35.2 Å². The Hall–Kier alpha value is -0.440. The summed E-state index contributed by atoms with van der Waals surface area (Å²) in [6.45, 7) is 1.45. The van der Waals surface area contributed by atoms with Gasteiger partial charge in [-0.3, -0.25) is 0 Å². The van der Waals surface area contributed by atoms with Gasteiger partial charge in [-0.15, -0.1) is 0 Å². The van der Waals surface area contributed by atoms with Crippen LogP contribution in [0.3, 0.4) is 0 Å². The Kier molecular flexibility index (Phi) is 3.63. The van der Waals surface area contributed by atoms with Crippen LogP contribution in [-0.4, -0.2) is 13.2 Å². The van der Waals surface area contributed by atoms with Crippen molar-refractivity contribution in [3.8, 4) is 5.75 Å². The molecule has 4 heteroatoms. The zero-order valence-corrected chi connectivity index (χ0v) is 10.5. The molecule has 2 nitrogen and oxygen atoms in total. The molecule has 0 radical (unpaired) electrons. The molecule has 1 aromatic rings. The van der Waals surface area contributed by atoms with Crippen molar-refractivity contribution in [2.24, 2.45) is 11.1 Å². The molecule has 0 aromatic heterocycles. The summed E-state index contributed by atoms with van der Waals surface area (Å²) in [5, 5.41) is 1.08. The molecule has 0 aliphatic heterocycles. The summed E-state index contributed by atoms with van der Waals surface area (Å²) in [6, 6.07) is 5.34. The van der Waals surface area contributed by atoms with Gasteiger partial charge in [0.1, 0.15) is 5.75 Å². The van der Waals surface area contributed by atoms with Crippen LogP contribution in [-0.2, 0) is 0 Å². The summed E-state index contributed by atoms with van der Waals surface area (Å²) in [4.78, 5) is 0. The van der Waals surface area contributed by atoms with E-state index >= 15 is 0 Å². The fourth-order valence-electron chi connectivity index (χ4n) is 1.75. The highest BCUT2D eigenvalue weighted by Crippen LogP contribution is 2.48. The van der Waals surface area contributed by atoms with E-state index in [9.17, 15) is 0 Å². The van der Waals surface area contributed by atoms with Crippen molar-refractivity contribution in [1.82, 2.24) is 0 Å². The van der Waals surface area contributed by atoms with E-state index in [-0.39, 0.29) is 0 Å². The first-order chi connectivity index (χ1) is 7.65. The third kappa shape index (κ3) is 2.82. The van der Waals surface area contributed by atoms with E-state index < -0.39 is 0 Å². The van der Waals surface area contributed by atoms with E-state index in [4.69, 9.17) is 33.7 Å². The second-order valence-electron chi connectivity index (χ2n) is 4.40. The van der Waals surface area contributed by atoms with Gasteiger partial charge in [-0.1, -0.05) is 23.2 Å². The van der Waals surface area contributed by atoms with Crippen LogP contribution in [0.4, 0.5) is 0 Å². The van der Waals surface area contributed by atoms with Crippen LogP contribution in [0.25, 0.3) is 0 Å². The quantitative estimate of drug-likeness (QED) is 0.879. The molecule has 1 saturated carbocycles. The highest BCUT2D eigenvalue weighted by Gasteiger charge is 2.42. The predicted octanol–water partition coefficient (Wildman–Crippen LogP) is 3.50. The number of hydrogen-bond acceptors (Lipinski definition) is 2. The molecule has 0 amide bonds. The van der Waals surface area contributed by atoms with Crippen LogP contribution in [0, 0.1) is 5.41 Å². The minimum Gasteiger partial charge on any atom is -0.493 e. The zero-order chi connectivity index (χ0) is 11.6. The average molecular weight is 260 g/mol. The summed E-state index contributed by atoms with van der Waals surface area (Å²) in [7, 11) is 0. The highest BCUT2D eigenvalue weighted by molar-refractivity contribution is 6.42. The molecule has 0 unspecified atom stereocenters. The maximum Gasteiger partial charge on any atom is 0.120 e. The lowest BCUT2D eigenvalue weighted by molar-refractivity contribution is 0.227. The van der Waals surface area contributed by atoms with Crippen LogP contribution >= 0.6 is 23.2 Å². The second-order valence-corrected chi connectivity index (χ2v) is 5.22. The van der Waals surface area contributed by atoms with Crippen LogP contribution in [0.1, 0.15) is 19.3 Å². The first-order valence-electron chi connectivity index (χ1n) is 5.43. The third-order valence-corrected chi connectivity index (χ3v) is 3.81. The van der Waals surface area contributed by atoms with Gasteiger partial charge in [-0.05, 0) is 37.9 Å². The maximum absolute atomic E-state index is 5.91. The lowest BCUT2D eigenvalue weighted by Crippen LogP contribution is -2.17. The molecule has 1 aliphatic carbocycles. The minimum atomic E-state index is 0.320. The molecule has 1 aliphatic rings. The third-order valence-electron chi connectivity index (χ3n) is 3.07. The first-order valence-corrected chi connectivity index (χ1v) is 6.19. The Bertz CT molecular complexity index is 377. The minimum absolute atomic E-state index is 0.320. The largest absolute Gasteiger partial charge is 0.493 e. The predicted molar refractivity (Wildman–Crippen MR) is 67.3 cm³/mol. The summed E-state index contributed by atoms with van der Waals surface area (Å²) < 4.78 is 5.72. The van der Waals surface area contributed by atoms with Crippen molar-refractivity contribution >= 4 is 23.2 Å². The number of rotatable bonds is 5. The van der Waals surface area contributed by atoms with Crippen molar-refractivity contribution in [3.05, 3.63) is 28.2 Å². The summed E-state index contributed by atoms with van der Waals surface area (Å²) in [5.41, 5.74) is 5.89. The Balaban J connectivity index is 1.92. The first kappa shape index (κ1) is 12.0. The van der Waals surface area contributed by atoms with E-state index in [1.165, 1.54) is 12.8 Å². The van der Waals surface area contributed by atoms with Gasteiger partial charge in [0.05, 0.1) is 16.7 Å². The average Bonchev–Trinajstić information content (AvgIpc) is 3.01. The van der Waals surface area contributed by atoms with Gasteiger partial charge in [-0.2, -0.15) is 0 Å². The lowest BCUT2D eigenvalue weighted by atomic mass is 10.0. The molecule has 0 atom stereocenters. The van der Waals surface area contributed by atoms with Crippen molar-refractivity contribution in [2.45, 2.75) is 19.3 Å². The number of nitrogens with two attached hydrogens (primary N) is 1. The Morgan fingerprint density at radius 1 is 1.25 bits per heavy atom. The molecule has 2 N–H and O–H groups in total. The summed E-state index contributed by atoms with van der Waals surface area (Å²) in [6.07, 6.45) is 3.46. The smallest absolute Gasteiger partial charge is 0.120 e. The maximum atomic E-state index is 5.91. The Labute approximate surface area is 106 Å². The lowest BCUT2D eigenvalue weighted by Gasteiger charge is -2.15. The van der Waals surface area contributed by atoms with E-state index in [2.05, 4.69) is 0 Å².